The van der Waals surface area contributed by atoms with Crippen LogP contribution in [-0.2, 0) is 9.47 Å². The lowest BCUT2D eigenvalue weighted by molar-refractivity contribution is 0.0521. The second-order valence-corrected chi connectivity index (χ2v) is 6.70. The van der Waals surface area contributed by atoms with E-state index in [0.717, 1.165) is 18.8 Å². The van der Waals surface area contributed by atoms with Crippen LogP contribution in [0.5, 0.6) is 0 Å². The highest BCUT2D eigenvalue weighted by Gasteiger charge is 2.25. The molecule has 1 aliphatic rings. The average Bonchev–Trinajstić information content (AvgIpc) is 2.52. The molecule has 2 heterocycles. The van der Waals surface area contributed by atoms with E-state index in [-0.39, 0.29) is 12.1 Å². The first-order valence-corrected chi connectivity index (χ1v) is 8.24. The van der Waals surface area contributed by atoms with Crippen LogP contribution in [0.1, 0.15) is 27.2 Å². The SMILES string of the molecule is CC(C)(C)OC(=O)NCCN[C@@H]1CCOC[C@@H]1Nc1ccncn1. The Hall–Kier alpha value is -1.93. The van der Waals surface area contributed by atoms with Gasteiger partial charge in [0.25, 0.3) is 0 Å². The number of alkyl carbamates (subject to hydrolysis) is 1. The molecular formula is C16H27N5O3. The molecule has 1 fully saturated rings. The van der Waals surface area contributed by atoms with Crippen LogP contribution in [0.2, 0.25) is 0 Å². The minimum absolute atomic E-state index is 0.121. The van der Waals surface area contributed by atoms with E-state index < -0.39 is 11.7 Å². The maximum absolute atomic E-state index is 11.6. The van der Waals surface area contributed by atoms with Gasteiger partial charge in [0.1, 0.15) is 17.7 Å². The molecule has 2 rings (SSSR count). The molecule has 1 aromatic rings. The van der Waals surface area contributed by atoms with Crippen molar-refractivity contribution in [1.82, 2.24) is 20.6 Å². The number of nitrogens with zero attached hydrogens (tertiary/aromatic N) is 2. The smallest absolute Gasteiger partial charge is 0.407 e. The number of amides is 1. The van der Waals surface area contributed by atoms with Crippen molar-refractivity contribution >= 4 is 11.9 Å². The molecule has 0 aliphatic carbocycles. The Bertz CT molecular complexity index is 506. The van der Waals surface area contributed by atoms with Crippen molar-refractivity contribution in [2.75, 3.05) is 31.6 Å². The minimum Gasteiger partial charge on any atom is -0.444 e. The molecule has 1 aliphatic heterocycles. The summed E-state index contributed by atoms with van der Waals surface area (Å²) in [5.41, 5.74) is -0.481. The fourth-order valence-corrected chi connectivity index (χ4v) is 2.43. The largest absolute Gasteiger partial charge is 0.444 e. The molecule has 8 nitrogen and oxygen atoms in total. The van der Waals surface area contributed by atoms with Crippen LogP contribution < -0.4 is 16.0 Å². The van der Waals surface area contributed by atoms with Gasteiger partial charge in [-0.05, 0) is 33.3 Å². The summed E-state index contributed by atoms with van der Waals surface area (Å²) in [7, 11) is 0. The number of carbonyl (C=O) groups is 1. The number of hydrogen-bond acceptors (Lipinski definition) is 7. The number of carbonyl (C=O) groups excluding carboxylic acids is 1. The second-order valence-electron chi connectivity index (χ2n) is 6.70. The van der Waals surface area contributed by atoms with Gasteiger partial charge in [-0.2, -0.15) is 0 Å². The quantitative estimate of drug-likeness (QED) is 0.670. The van der Waals surface area contributed by atoms with Gasteiger partial charge in [0, 0.05) is 31.9 Å². The number of aromatic nitrogens is 2. The molecule has 0 aromatic carbocycles. The molecule has 2 atom stereocenters. The van der Waals surface area contributed by atoms with E-state index in [1.165, 1.54) is 6.33 Å². The number of nitrogens with one attached hydrogen (secondary N) is 3. The summed E-state index contributed by atoms with van der Waals surface area (Å²) in [6.45, 7) is 8.03. The summed E-state index contributed by atoms with van der Waals surface area (Å²) in [4.78, 5) is 19.7. The zero-order valence-corrected chi connectivity index (χ0v) is 14.5. The van der Waals surface area contributed by atoms with Gasteiger partial charge >= 0.3 is 6.09 Å². The molecule has 0 unspecified atom stereocenters. The van der Waals surface area contributed by atoms with Gasteiger partial charge in [-0.15, -0.1) is 0 Å². The summed E-state index contributed by atoms with van der Waals surface area (Å²) < 4.78 is 10.8. The fourth-order valence-electron chi connectivity index (χ4n) is 2.43. The number of rotatable bonds is 6. The van der Waals surface area contributed by atoms with Crippen LogP contribution in [0.25, 0.3) is 0 Å². The second kappa shape index (κ2) is 8.79. The van der Waals surface area contributed by atoms with Crippen molar-refractivity contribution in [3.8, 4) is 0 Å². The standard InChI is InChI=1S/C16H27N5O3/c1-16(2,3)24-15(22)19-8-7-18-12-5-9-23-10-13(12)21-14-4-6-17-11-20-14/h4,6,11-13,18H,5,7-10H2,1-3H3,(H,19,22)(H,17,20,21)/t12-,13+/m1/s1. The average molecular weight is 337 g/mol. The van der Waals surface area contributed by atoms with E-state index in [0.29, 0.717) is 19.7 Å². The Morgan fingerprint density at radius 1 is 1.38 bits per heavy atom. The topological polar surface area (TPSA) is 97.4 Å². The Kier molecular flexibility index (Phi) is 6.74. The van der Waals surface area contributed by atoms with Gasteiger partial charge in [0.2, 0.25) is 0 Å². The Morgan fingerprint density at radius 3 is 2.92 bits per heavy atom. The fraction of sp³-hybridized carbons (Fsp3) is 0.688. The third-order valence-electron chi connectivity index (χ3n) is 3.47. The first-order valence-electron chi connectivity index (χ1n) is 8.24. The number of anilines is 1. The van der Waals surface area contributed by atoms with Crippen molar-refractivity contribution in [3.63, 3.8) is 0 Å². The third-order valence-corrected chi connectivity index (χ3v) is 3.47. The van der Waals surface area contributed by atoms with Gasteiger partial charge in [-0.3, -0.25) is 0 Å². The summed E-state index contributed by atoms with van der Waals surface area (Å²) in [6.07, 6.45) is 3.72. The summed E-state index contributed by atoms with van der Waals surface area (Å²) >= 11 is 0. The monoisotopic (exact) mass is 337 g/mol. The lowest BCUT2D eigenvalue weighted by Crippen LogP contribution is -2.52. The van der Waals surface area contributed by atoms with Crippen LogP contribution in [-0.4, -0.2) is 60.0 Å². The Morgan fingerprint density at radius 2 is 2.21 bits per heavy atom. The predicted molar refractivity (Wildman–Crippen MR) is 90.9 cm³/mol. The van der Waals surface area contributed by atoms with Crippen LogP contribution in [0.4, 0.5) is 10.6 Å². The highest BCUT2D eigenvalue weighted by molar-refractivity contribution is 5.67. The van der Waals surface area contributed by atoms with E-state index in [2.05, 4.69) is 25.9 Å². The Labute approximate surface area is 142 Å². The van der Waals surface area contributed by atoms with Crippen molar-refractivity contribution < 1.29 is 14.3 Å². The highest BCUT2D eigenvalue weighted by Crippen LogP contribution is 2.12. The van der Waals surface area contributed by atoms with Crippen molar-refractivity contribution in [2.24, 2.45) is 0 Å². The first-order chi connectivity index (χ1) is 11.4. The van der Waals surface area contributed by atoms with Gasteiger partial charge < -0.3 is 25.4 Å². The lowest BCUT2D eigenvalue weighted by atomic mass is 10.0. The van der Waals surface area contributed by atoms with E-state index in [1.54, 1.807) is 6.20 Å². The Balaban J connectivity index is 1.72. The zero-order valence-electron chi connectivity index (χ0n) is 14.5. The molecule has 0 saturated carbocycles. The van der Waals surface area contributed by atoms with Crippen LogP contribution in [0.3, 0.4) is 0 Å². The van der Waals surface area contributed by atoms with E-state index in [4.69, 9.17) is 9.47 Å². The van der Waals surface area contributed by atoms with Crippen molar-refractivity contribution in [2.45, 2.75) is 44.9 Å². The van der Waals surface area contributed by atoms with E-state index in [1.807, 2.05) is 26.8 Å². The molecule has 1 amide bonds. The maximum Gasteiger partial charge on any atom is 0.407 e. The third kappa shape index (κ3) is 6.67. The summed E-state index contributed by atoms with van der Waals surface area (Å²) in [5, 5.41) is 9.56. The molecule has 1 saturated heterocycles. The first kappa shape index (κ1) is 18.4. The molecule has 0 radical (unpaired) electrons. The maximum atomic E-state index is 11.6. The number of ether oxygens (including phenoxy) is 2. The normalized spacial score (nSPS) is 21.1. The molecule has 3 N–H and O–H groups in total. The highest BCUT2D eigenvalue weighted by atomic mass is 16.6. The van der Waals surface area contributed by atoms with E-state index in [9.17, 15) is 4.79 Å². The van der Waals surface area contributed by atoms with Crippen molar-refractivity contribution in [1.29, 1.82) is 0 Å². The molecule has 0 bridgehead atoms. The van der Waals surface area contributed by atoms with Gasteiger partial charge in [0.05, 0.1) is 12.6 Å². The van der Waals surface area contributed by atoms with Gasteiger partial charge in [-0.1, -0.05) is 0 Å². The molecule has 0 spiro atoms. The van der Waals surface area contributed by atoms with Crippen molar-refractivity contribution in [3.05, 3.63) is 18.6 Å². The van der Waals surface area contributed by atoms with Crippen LogP contribution in [0, 0.1) is 0 Å². The van der Waals surface area contributed by atoms with Crippen LogP contribution >= 0.6 is 0 Å². The molecular weight excluding hydrogens is 310 g/mol. The molecule has 24 heavy (non-hydrogen) atoms. The molecule has 134 valence electrons. The molecule has 8 heteroatoms. The van der Waals surface area contributed by atoms with Gasteiger partial charge in [0.15, 0.2) is 0 Å². The predicted octanol–water partition coefficient (Wildman–Crippen LogP) is 1.16. The van der Waals surface area contributed by atoms with Gasteiger partial charge in [-0.25, -0.2) is 14.8 Å². The minimum atomic E-state index is -0.481. The summed E-state index contributed by atoms with van der Waals surface area (Å²) in [5.74, 6) is 0.777. The number of hydrogen-bond donors (Lipinski definition) is 3. The zero-order chi connectivity index (χ0) is 17.4. The summed E-state index contributed by atoms with van der Waals surface area (Å²) in [6, 6.07) is 2.19. The van der Waals surface area contributed by atoms with Crippen LogP contribution in [0.15, 0.2) is 18.6 Å². The van der Waals surface area contributed by atoms with E-state index >= 15 is 0 Å². The lowest BCUT2D eigenvalue weighted by Gasteiger charge is -2.33. The molecule has 1 aromatic heterocycles.